The molecule has 0 saturated carbocycles. The molecule has 2 fully saturated rings. The maximum Gasteiger partial charge on any atom is 0.255 e. The van der Waals surface area contributed by atoms with Gasteiger partial charge in [0.15, 0.2) is 0 Å². The number of rotatable bonds is 3. The minimum absolute atomic E-state index is 0.0613. The number of thioether (sulfide) groups is 1. The molecule has 2 aromatic carbocycles. The van der Waals surface area contributed by atoms with Crippen molar-refractivity contribution < 1.29 is 14.0 Å². The average molecular weight is 413 g/mol. The van der Waals surface area contributed by atoms with E-state index in [1.54, 1.807) is 12.1 Å². The molecule has 0 aliphatic carbocycles. The second-order valence-electron chi connectivity index (χ2n) is 7.75. The van der Waals surface area contributed by atoms with Crippen LogP contribution in [0.15, 0.2) is 48.5 Å². The third-order valence-corrected chi connectivity index (χ3v) is 7.52. The minimum Gasteiger partial charge on any atom is -0.342 e. The van der Waals surface area contributed by atoms with Crippen LogP contribution in [0, 0.1) is 12.7 Å². The van der Waals surface area contributed by atoms with Gasteiger partial charge in [0.2, 0.25) is 5.91 Å². The summed E-state index contributed by atoms with van der Waals surface area (Å²) in [6, 6.07) is 13.8. The summed E-state index contributed by atoms with van der Waals surface area (Å²) in [6.07, 6.45) is 1.85. The topological polar surface area (TPSA) is 40.6 Å². The van der Waals surface area contributed by atoms with Crippen molar-refractivity contribution >= 4 is 23.6 Å². The molecule has 0 bridgehead atoms. The summed E-state index contributed by atoms with van der Waals surface area (Å²) < 4.78 is 13.1. The maximum absolute atomic E-state index is 13.2. The number of halogens is 1. The fourth-order valence-corrected chi connectivity index (χ4v) is 5.72. The molecular formula is C23H25FN2O2S. The van der Waals surface area contributed by atoms with Gasteiger partial charge in [-0.2, -0.15) is 0 Å². The second-order valence-corrected chi connectivity index (χ2v) is 9.21. The van der Waals surface area contributed by atoms with Crippen LogP contribution in [-0.4, -0.2) is 51.9 Å². The number of benzene rings is 2. The monoisotopic (exact) mass is 412 g/mol. The Morgan fingerprint density at radius 1 is 1.03 bits per heavy atom. The first-order chi connectivity index (χ1) is 14.0. The molecule has 2 heterocycles. The van der Waals surface area contributed by atoms with E-state index < -0.39 is 0 Å². The predicted molar refractivity (Wildman–Crippen MR) is 113 cm³/mol. The number of hydrogen-bond donors (Lipinski definition) is 0. The van der Waals surface area contributed by atoms with Crippen LogP contribution in [-0.2, 0) is 11.2 Å². The highest BCUT2D eigenvalue weighted by atomic mass is 32.2. The maximum atomic E-state index is 13.2. The third-order valence-electron chi connectivity index (χ3n) is 5.96. The van der Waals surface area contributed by atoms with E-state index in [1.807, 2.05) is 52.8 Å². The van der Waals surface area contributed by atoms with E-state index in [0.717, 1.165) is 41.8 Å². The van der Waals surface area contributed by atoms with E-state index in [1.165, 1.54) is 12.1 Å². The highest BCUT2D eigenvalue weighted by Crippen LogP contribution is 2.44. The molecule has 2 amide bonds. The van der Waals surface area contributed by atoms with Crippen molar-refractivity contribution in [2.45, 2.75) is 31.1 Å². The quantitative estimate of drug-likeness (QED) is 0.768. The molecular weight excluding hydrogens is 387 g/mol. The smallest absolute Gasteiger partial charge is 0.255 e. The first kappa shape index (κ1) is 20.0. The van der Waals surface area contributed by atoms with Crippen LogP contribution in [0.4, 0.5) is 4.39 Å². The summed E-state index contributed by atoms with van der Waals surface area (Å²) in [6.45, 7) is 4.01. The van der Waals surface area contributed by atoms with Gasteiger partial charge in [-0.25, -0.2) is 4.39 Å². The highest BCUT2D eigenvalue weighted by Gasteiger charge is 2.47. The van der Waals surface area contributed by atoms with E-state index in [2.05, 4.69) is 0 Å². The molecule has 4 nitrogen and oxygen atoms in total. The Morgan fingerprint density at radius 2 is 1.72 bits per heavy atom. The average Bonchev–Trinajstić information content (AvgIpc) is 3.13. The van der Waals surface area contributed by atoms with Gasteiger partial charge in [0.25, 0.3) is 5.91 Å². The zero-order valence-corrected chi connectivity index (χ0v) is 17.4. The summed E-state index contributed by atoms with van der Waals surface area (Å²) in [7, 11) is 0. The van der Waals surface area contributed by atoms with Crippen LogP contribution < -0.4 is 0 Å². The molecule has 2 saturated heterocycles. The number of likely N-dealkylation sites (tertiary alicyclic amines) is 1. The Balaban J connectivity index is 1.42. The Hall–Kier alpha value is -2.34. The molecule has 29 heavy (non-hydrogen) atoms. The molecule has 0 N–H and O–H groups in total. The van der Waals surface area contributed by atoms with Crippen LogP contribution in [0.3, 0.4) is 0 Å². The van der Waals surface area contributed by atoms with Crippen LogP contribution >= 0.6 is 11.8 Å². The predicted octanol–water partition coefficient (Wildman–Crippen LogP) is 3.88. The van der Waals surface area contributed by atoms with E-state index in [0.29, 0.717) is 13.1 Å². The molecule has 0 aromatic heterocycles. The van der Waals surface area contributed by atoms with Gasteiger partial charge in [-0.1, -0.05) is 30.3 Å². The Kier molecular flexibility index (Phi) is 5.63. The highest BCUT2D eigenvalue weighted by molar-refractivity contribution is 8.00. The Morgan fingerprint density at radius 3 is 2.41 bits per heavy atom. The van der Waals surface area contributed by atoms with Crippen molar-refractivity contribution in [1.29, 1.82) is 0 Å². The van der Waals surface area contributed by atoms with Crippen LogP contribution in [0.2, 0.25) is 0 Å². The number of carbonyl (C=O) groups is 2. The number of piperidine rings is 1. The van der Waals surface area contributed by atoms with E-state index in [4.69, 9.17) is 0 Å². The van der Waals surface area contributed by atoms with Gasteiger partial charge in [-0.15, -0.1) is 11.8 Å². The molecule has 0 atom stereocenters. The van der Waals surface area contributed by atoms with Crippen molar-refractivity contribution in [3.63, 3.8) is 0 Å². The summed E-state index contributed by atoms with van der Waals surface area (Å²) in [5.41, 5.74) is 2.59. The van der Waals surface area contributed by atoms with Gasteiger partial charge in [0.05, 0.1) is 11.3 Å². The largest absolute Gasteiger partial charge is 0.342 e. The van der Waals surface area contributed by atoms with Gasteiger partial charge in [0.1, 0.15) is 5.82 Å². The summed E-state index contributed by atoms with van der Waals surface area (Å²) in [4.78, 5) is 29.6. The summed E-state index contributed by atoms with van der Waals surface area (Å²) in [5.74, 6) is 0.796. The molecule has 152 valence electrons. The third kappa shape index (κ3) is 4.04. The van der Waals surface area contributed by atoms with Crippen LogP contribution in [0.25, 0.3) is 0 Å². The van der Waals surface area contributed by atoms with Crippen molar-refractivity contribution in [2.75, 3.05) is 25.4 Å². The van der Waals surface area contributed by atoms with Gasteiger partial charge < -0.3 is 9.80 Å². The van der Waals surface area contributed by atoms with Gasteiger partial charge in [0, 0.05) is 31.0 Å². The number of aryl methyl sites for hydroxylation is 1. The van der Waals surface area contributed by atoms with Crippen molar-refractivity contribution in [3.05, 3.63) is 71.0 Å². The molecule has 2 aliphatic heterocycles. The lowest BCUT2D eigenvalue weighted by molar-refractivity contribution is -0.132. The molecule has 6 heteroatoms. The van der Waals surface area contributed by atoms with Gasteiger partial charge in [-0.3, -0.25) is 9.59 Å². The lowest BCUT2D eigenvalue weighted by Gasteiger charge is -2.44. The van der Waals surface area contributed by atoms with Crippen LogP contribution in [0.1, 0.15) is 34.3 Å². The molecule has 4 rings (SSSR count). The number of hydrogen-bond acceptors (Lipinski definition) is 3. The lowest BCUT2D eigenvalue weighted by Crippen LogP contribution is -2.53. The van der Waals surface area contributed by atoms with Gasteiger partial charge >= 0.3 is 0 Å². The second kappa shape index (κ2) is 8.19. The summed E-state index contributed by atoms with van der Waals surface area (Å²) >= 11 is 1.85. The van der Waals surface area contributed by atoms with Crippen LogP contribution in [0.5, 0.6) is 0 Å². The number of nitrogens with zero attached hydrogens (tertiary/aromatic N) is 2. The van der Waals surface area contributed by atoms with E-state index in [-0.39, 0.29) is 28.9 Å². The molecule has 2 aromatic rings. The SMILES string of the molecule is Cc1ccccc1C(=O)N1CCSC12CCN(C(=O)Cc1ccc(F)cc1)CC2. The Bertz CT molecular complexity index is 907. The first-order valence-corrected chi connectivity index (χ1v) is 11.0. The van der Waals surface area contributed by atoms with E-state index >= 15 is 0 Å². The molecule has 0 unspecified atom stereocenters. The van der Waals surface area contributed by atoms with E-state index in [9.17, 15) is 14.0 Å². The molecule has 0 radical (unpaired) electrons. The van der Waals surface area contributed by atoms with Gasteiger partial charge in [-0.05, 0) is 49.1 Å². The minimum atomic E-state index is -0.294. The normalized spacial score (nSPS) is 18.3. The zero-order valence-electron chi connectivity index (χ0n) is 16.6. The van der Waals surface area contributed by atoms with Crippen molar-refractivity contribution in [2.24, 2.45) is 0 Å². The fourth-order valence-electron chi connectivity index (χ4n) is 4.26. The van der Waals surface area contributed by atoms with Crippen molar-refractivity contribution in [1.82, 2.24) is 9.80 Å². The van der Waals surface area contributed by atoms with Crippen molar-refractivity contribution in [3.8, 4) is 0 Å². The first-order valence-electron chi connectivity index (χ1n) is 10.0. The zero-order chi connectivity index (χ0) is 20.4. The lowest BCUT2D eigenvalue weighted by atomic mass is 9.99. The number of amides is 2. The summed E-state index contributed by atoms with van der Waals surface area (Å²) in [5, 5.41) is 0. The number of carbonyl (C=O) groups excluding carboxylic acids is 2. The standard InChI is InChI=1S/C23H25FN2O2S/c1-17-4-2-3-5-20(17)22(28)26-14-15-29-23(26)10-12-25(13-11-23)21(27)16-18-6-8-19(24)9-7-18/h2-9H,10-16H2,1H3. The molecule has 2 aliphatic rings. The molecule has 1 spiro atoms. The Labute approximate surface area is 175 Å². The fraction of sp³-hybridized carbons (Fsp3) is 0.391.